The smallest absolute Gasteiger partial charge is 0.253 e. The summed E-state index contributed by atoms with van der Waals surface area (Å²) >= 11 is 0. The van der Waals surface area contributed by atoms with E-state index < -0.39 is 0 Å². The zero-order valence-corrected chi connectivity index (χ0v) is 18.7. The molecule has 0 saturated carbocycles. The SMILES string of the molecule is Cc1cc(C)n(-c2ccc(C(=O)N3CCC(CN4CC(C)OC(C)C4)CC3)cc2)n1. The van der Waals surface area contributed by atoms with Crippen molar-refractivity contribution in [2.75, 3.05) is 32.7 Å². The highest BCUT2D eigenvalue weighted by atomic mass is 16.5. The van der Waals surface area contributed by atoms with Crippen molar-refractivity contribution in [3.8, 4) is 5.69 Å². The quantitative estimate of drug-likeness (QED) is 0.775. The molecule has 0 bridgehead atoms. The summed E-state index contributed by atoms with van der Waals surface area (Å²) in [5.41, 5.74) is 3.84. The van der Waals surface area contributed by atoms with Gasteiger partial charge >= 0.3 is 0 Å². The lowest BCUT2D eigenvalue weighted by molar-refractivity contribution is -0.0728. The molecule has 0 N–H and O–H groups in total. The zero-order valence-electron chi connectivity index (χ0n) is 18.7. The molecule has 2 aromatic rings. The molecular weight excluding hydrogens is 376 g/mol. The van der Waals surface area contributed by atoms with Gasteiger partial charge in [0.2, 0.25) is 0 Å². The second-order valence-corrected chi connectivity index (χ2v) is 9.10. The third-order valence-corrected chi connectivity index (χ3v) is 6.28. The highest BCUT2D eigenvalue weighted by Gasteiger charge is 2.28. The van der Waals surface area contributed by atoms with E-state index in [9.17, 15) is 4.79 Å². The maximum atomic E-state index is 13.0. The van der Waals surface area contributed by atoms with E-state index in [4.69, 9.17) is 4.74 Å². The van der Waals surface area contributed by atoms with Crippen molar-refractivity contribution in [1.82, 2.24) is 19.6 Å². The third-order valence-electron chi connectivity index (χ3n) is 6.28. The zero-order chi connectivity index (χ0) is 21.3. The summed E-state index contributed by atoms with van der Waals surface area (Å²) in [5.74, 6) is 0.807. The molecule has 0 radical (unpaired) electrons. The van der Waals surface area contributed by atoms with Crippen LogP contribution in [0.5, 0.6) is 0 Å². The second kappa shape index (κ2) is 8.90. The summed E-state index contributed by atoms with van der Waals surface area (Å²) in [4.78, 5) is 17.5. The number of rotatable bonds is 4. The van der Waals surface area contributed by atoms with Crippen LogP contribution in [0.3, 0.4) is 0 Å². The van der Waals surface area contributed by atoms with Crippen LogP contribution in [0.4, 0.5) is 0 Å². The van der Waals surface area contributed by atoms with Gasteiger partial charge < -0.3 is 9.64 Å². The van der Waals surface area contributed by atoms with E-state index in [1.54, 1.807) is 0 Å². The van der Waals surface area contributed by atoms with Crippen molar-refractivity contribution in [2.45, 2.75) is 52.7 Å². The number of nitrogens with zero attached hydrogens (tertiary/aromatic N) is 4. The lowest BCUT2D eigenvalue weighted by Crippen LogP contribution is -2.48. The van der Waals surface area contributed by atoms with Crippen molar-refractivity contribution in [3.63, 3.8) is 0 Å². The van der Waals surface area contributed by atoms with Crippen molar-refractivity contribution in [2.24, 2.45) is 5.92 Å². The fraction of sp³-hybridized carbons (Fsp3) is 0.583. The van der Waals surface area contributed by atoms with Gasteiger partial charge in [-0.3, -0.25) is 9.69 Å². The number of likely N-dealkylation sites (tertiary alicyclic amines) is 1. The summed E-state index contributed by atoms with van der Waals surface area (Å²) in [5, 5.41) is 4.52. The molecule has 2 atom stereocenters. The average molecular weight is 411 g/mol. The van der Waals surface area contributed by atoms with Gasteiger partial charge in [-0.05, 0) is 76.8 Å². The van der Waals surface area contributed by atoms with Gasteiger partial charge in [-0.2, -0.15) is 5.10 Å². The number of morpholine rings is 1. The Hall–Kier alpha value is -2.18. The van der Waals surface area contributed by atoms with Gasteiger partial charge in [0.1, 0.15) is 0 Å². The summed E-state index contributed by atoms with van der Waals surface area (Å²) in [6.07, 6.45) is 2.78. The lowest BCUT2D eigenvalue weighted by Gasteiger charge is -2.39. The minimum Gasteiger partial charge on any atom is -0.373 e. The second-order valence-electron chi connectivity index (χ2n) is 9.10. The van der Waals surface area contributed by atoms with E-state index in [2.05, 4.69) is 29.9 Å². The van der Waals surface area contributed by atoms with Crippen LogP contribution >= 0.6 is 0 Å². The molecule has 6 nitrogen and oxygen atoms in total. The highest BCUT2D eigenvalue weighted by Crippen LogP contribution is 2.22. The number of hydrogen-bond donors (Lipinski definition) is 0. The number of piperidine rings is 1. The number of aryl methyl sites for hydroxylation is 2. The van der Waals surface area contributed by atoms with E-state index in [1.807, 2.05) is 47.7 Å². The summed E-state index contributed by atoms with van der Waals surface area (Å²) in [6.45, 7) is 13.2. The van der Waals surface area contributed by atoms with E-state index in [0.717, 1.165) is 68.2 Å². The molecule has 0 spiro atoms. The number of aromatic nitrogens is 2. The molecule has 6 heteroatoms. The normalized spacial score (nSPS) is 23.7. The molecule has 30 heavy (non-hydrogen) atoms. The first-order valence-corrected chi connectivity index (χ1v) is 11.2. The predicted molar refractivity (Wildman–Crippen MR) is 118 cm³/mol. The number of hydrogen-bond acceptors (Lipinski definition) is 4. The Morgan fingerprint density at radius 1 is 1.07 bits per heavy atom. The van der Waals surface area contributed by atoms with Crippen LogP contribution < -0.4 is 0 Å². The first kappa shape index (κ1) is 21.1. The van der Waals surface area contributed by atoms with Crippen LogP contribution in [-0.2, 0) is 4.74 Å². The Morgan fingerprint density at radius 3 is 2.27 bits per heavy atom. The average Bonchev–Trinajstić information content (AvgIpc) is 3.05. The number of amides is 1. The van der Waals surface area contributed by atoms with Crippen LogP contribution in [0.25, 0.3) is 5.69 Å². The highest BCUT2D eigenvalue weighted by molar-refractivity contribution is 5.94. The predicted octanol–water partition coefficient (Wildman–Crippen LogP) is 3.45. The summed E-state index contributed by atoms with van der Waals surface area (Å²) in [7, 11) is 0. The van der Waals surface area contributed by atoms with Gasteiger partial charge in [-0.25, -0.2) is 4.68 Å². The molecule has 4 rings (SSSR count). The van der Waals surface area contributed by atoms with Crippen LogP contribution in [0.2, 0.25) is 0 Å². The Balaban J connectivity index is 1.31. The molecule has 1 amide bonds. The fourth-order valence-electron chi connectivity index (χ4n) is 4.94. The minimum absolute atomic E-state index is 0.141. The van der Waals surface area contributed by atoms with Gasteiger partial charge in [-0.15, -0.1) is 0 Å². The number of benzene rings is 1. The van der Waals surface area contributed by atoms with Crippen LogP contribution in [0, 0.1) is 19.8 Å². The van der Waals surface area contributed by atoms with Crippen molar-refractivity contribution in [1.29, 1.82) is 0 Å². The molecule has 1 aromatic heterocycles. The van der Waals surface area contributed by atoms with Gasteiger partial charge in [-0.1, -0.05) is 0 Å². The van der Waals surface area contributed by atoms with E-state index >= 15 is 0 Å². The Kier molecular flexibility index (Phi) is 6.25. The molecule has 3 heterocycles. The maximum Gasteiger partial charge on any atom is 0.253 e. The molecule has 2 saturated heterocycles. The molecule has 1 aromatic carbocycles. The standard InChI is InChI=1S/C24H34N4O2/c1-17-13-18(2)28(25-17)23-7-5-22(6-8-23)24(29)27-11-9-21(10-12-27)16-26-14-19(3)30-20(4)15-26/h5-8,13,19-21H,9-12,14-16H2,1-4H3. The van der Waals surface area contributed by atoms with Crippen LogP contribution in [-0.4, -0.2) is 70.4 Å². The van der Waals surface area contributed by atoms with Gasteiger partial charge in [0.05, 0.1) is 23.6 Å². The van der Waals surface area contributed by atoms with Gasteiger partial charge in [0, 0.05) is 44.0 Å². The molecule has 162 valence electrons. The van der Waals surface area contributed by atoms with E-state index in [1.165, 1.54) is 0 Å². The molecule has 2 aliphatic heterocycles. The summed E-state index contributed by atoms with van der Waals surface area (Å²) < 4.78 is 7.77. The van der Waals surface area contributed by atoms with Crippen molar-refractivity contribution >= 4 is 5.91 Å². The van der Waals surface area contributed by atoms with Gasteiger partial charge in [0.25, 0.3) is 5.91 Å². The van der Waals surface area contributed by atoms with Crippen LogP contribution in [0.1, 0.15) is 48.4 Å². The first-order valence-electron chi connectivity index (χ1n) is 11.2. The van der Waals surface area contributed by atoms with Gasteiger partial charge in [0.15, 0.2) is 0 Å². The Bertz CT molecular complexity index is 858. The van der Waals surface area contributed by atoms with Crippen LogP contribution in [0.15, 0.2) is 30.3 Å². The molecule has 2 fully saturated rings. The Morgan fingerprint density at radius 2 is 1.70 bits per heavy atom. The minimum atomic E-state index is 0.141. The molecular formula is C24H34N4O2. The first-order chi connectivity index (χ1) is 14.4. The van der Waals surface area contributed by atoms with Crippen molar-refractivity contribution in [3.05, 3.63) is 47.3 Å². The number of ether oxygens (including phenoxy) is 1. The van der Waals surface area contributed by atoms with E-state index in [0.29, 0.717) is 18.1 Å². The Labute approximate surface area is 179 Å². The lowest BCUT2D eigenvalue weighted by atomic mass is 9.95. The largest absolute Gasteiger partial charge is 0.373 e. The van der Waals surface area contributed by atoms with E-state index in [-0.39, 0.29) is 5.91 Å². The topological polar surface area (TPSA) is 50.6 Å². The monoisotopic (exact) mass is 410 g/mol. The molecule has 0 aliphatic carbocycles. The number of carbonyl (C=O) groups is 1. The third kappa shape index (κ3) is 4.76. The summed E-state index contributed by atoms with van der Waals surface area (Å²) in [6, 6.07) is 9.88. The molecule has 2 aliphatic rings. The maximum absolute atomic E-state index is 13.0. The fourth-order valence-corrected chi connectivity index (χ4v) is 4.94. The van der Waals surface area contributed by atoms with Crippen molar-refractivity contribution < 1.29 is 9.53 Å². The number of carbonyl (C=O) groups excluding carboxylic acids is 1. The molecule has 2 unspecified atom stereocenters.